The van der Waals surface area contributed by atoms with Gasteiger partial charge in [-0.2, -0.15) is 0 Å². The molecule has 0 radical (unpaired) electrons. The number of carbonyl (C=O) groups excluding carboxylic acids is 1. The second kappa shape index (κ2) is 6.01. The van der Waals surface area contributed by atoms with Gasteiger partial charge in [-0.1, -0.05) is 24.6 Å². The molecule has 1 aromatic rings. The van der Waals surface area contributed by atoms with Crippen LogP contribution < -0.4 is 0 Å². The summed E-state index contributed by atoms with van der Waals surface area (Å²) < 4.78 is 4.84. The third kappa shape index (κ3) is 2.91. The summed E-state index contributed by atoms with van der Waals surface area (Å²) in [4.78, 5) is 14.2. The molecule has 1 aliphatic rings. The standard InChI is InChI=1S/C15H21NO2/c1-12-7-5-6-10-16(12)11-13-8-3-4-9-14(13)15(17)18-2/h3-4,8-9,12H,5-7,10-11H2,1-2H3. The Morgan fingerprint density at radius 3 is 2.89 bits per heavy atom. The van der Waals surface area contributed by atoms with Crippen LogP contribution >= 0.6 is 0 Å². The predicted octanol–water partition coefficient (Wildman–Crippen LogP) is 2.85. The highest BCUT2D eigenvalue weighted by molar-refractivity contribution is 5.90. The summed E-state index contributed by atoms with van der Waals surface area (Å²) in [6, 6.07) is 8.33. The molecule has 0 N–H and O–H groups in total. The van der Waals surface area contributed by atoms with E-state index in [0.29, 0.717) is 11.6 Å². The van der Waals surface area contributed by atoms with E-state index in [1.165, 1.54) is 26.4 Å². The lowest BCUT2D eigenvalue weighted by molar-refractivity contribution is 0.0596. The molecule has 18 heavy (non-hydrogen) atoms. The molecule has 1 atom stereocenters. The van der Waals surface area contributed by atoms with Gasteiger partial charge in [0.15, 0.2) is 0 Å². The van der Waals surface area contributed by atoms with Crippen LogP contribution in [0.15, 0.2) is 24.3 Å². The molecule has 0 bridgehead atoms. The van der Waals surface area contributed by atoms with E-state index in [1.54, 1.807) is 0 Å². The summed E-state index contributed by atoms with van der Waals surface area (Å²) in [5, 5.41) is 0. The molecule has 0 aromatic heterocycles. The number of ether oxygens (including phenoxy) is 1. The quantitative estimate of drug-likeness (QED) is 0.769. The molecule has 1 aromatic carbocycles. The van der Waals surface area contributed by atoms with Crippen molar-refractivity contribution in [1.29, 1.82) is 0 Å². The van der Waals surface area contributed by atoms with Crippen molar-refractivity contribution < 1.29 is 9.53 Å². The maximum absolute atomic E-state index is 11.7. The Bertz CT molecular complexity index is 417. The highest BCUT2D eigenvalue weighted by Crippen LogP contribution is 2.21. The van der Waals surface area contributed by atoms with Crippen molar-refractivity contribution in [2.45, 2.75) is 38.8 Å². The Kier molecular flexibility index (Phi) is 4.37. The second-order valence-electron chi connectivity index (χ2n) is 4.96. The van der Waals surface area contributed by atoms with Crippen molar-refractivity contribution in [3.8, 4) is 0 Å². The molecule has 0 spiro atoms. The molecule has 1 saturated heterocycles. The summed E-state index contributed by atoms with van der Waals surface area (Å²) in [7, 11) is 1.43. The molecular formula is C15H21NO2. The molecule has 98 valence electrons. The van der Waals surface area contributed by atoms with Gasteiger partial charge in [-0.25, -0.2) is 4.79 Å². The zero-order chi connectivity index (χ0) is 13.0. The molecule has 0 saturated carbocycles. The molecule has 2 rings (SSSR count). The Balaban J connectivity index is 2.15. The first-order valence-electron chi connectivity index (χ1n) is 6.62. The van der Waals surface area contributed by atoms with Gasteiger partial charge < -0.3 is 4.74 Å². The van der Waals surface area contributed by atoms with Crippen LogP contribution in [0.2, 0.25) is 0 Å². The van der Waals surface area contributed by atoms with Crippen molar-refractivity contribution in [2.75, 3.05) is 13.7 Å². The SMILES string of the molecule is COC(=O)c1ccccc1CN1CCCCC1C. The Hall–Kier alpha value is -1.35. The number of hydrogen-bond acceptors (Lipinski definition) is 3. The molecule has 0 amide bonds. The largest absolute Gasteiger partial charge is 0.465 e. The first-order valence-corrected chi connectivity index (χ1v) is 6.62. The monoisotopic (exact) mass is 247 g/mol. The summed E-state index contributed by atoms with van der Waals surface area (Å²) in [6.07, 6.45) is 3.82. The van der Waals surface area contributed by atoms with E-state index >= 15 is 0 Å². The van der Waals surface area contributed by atoms with E-state index < -0.39 is 0 Å². The van der Waals surface area contributed by atoms with Crippen molar-refractivity contribution in [3.05, 3.63) is 35.4 Å². The molecule has 1 heterocycles. The number of esters is 1. The van der Waals surface area contributed by atoms with Gasteiger partial charge in [0.25, 0.3) is 0 Å². The number of methoxy groups -OCH3 is 1. The van der Waals surface area contributed by atoms with E-state index in [1.807, 2.05) is 24.3 Å². The fourth-order valence-electron chi connectivity index (χ4n) is 2.58. The average molecular weight is 247 g/mol. The molecular weight excluding hydrogens is 226 g/mol. The highest BCUT2D eigenvalue weighted by Gasteiger charge is 2.20. The second-order valence-corrected chi connectivity index (χ2v) is 4.96. The van der Waals surface area contributed by atoms with Crippen LogP contribution in [0.25, 0.3) is 0 Å². The fraction of sp³-hybridized carbons (Fsp3) is 0.533. The van der Waals surface area contributed by atoms with Gasteiger partial charge in [0.2, 0.25) is 0 Å². The maximum Gasteiger partial charge on any atom is 0.338 e. The first kappa shape index (κ1) is 13.1. The highest BCUT2D eigenvalue weighted by atomic mass is 16.5. The van der Waals surface area contributed by atoms with Crippen LogP contribution in [0.5, 0.6) is 0 Å². The number of hydrogen-bond donors (Lipinski definition) is 0. The minimum atomic E-state index is -0.240. The lowest BCUT2D eigenvalue weighted by Crippen LogP contribution is -2.37. The number of carbonyl (C=O) groups is 1. The molecule has 0 aliphatic carbocycles. The zero-order valence-electron chi connectivity index (χ0n) is 11.2. The minimum Gasteiger partial charge on any atom is -0.465 e. The third-order valence-corrected chi connectivity index (χ3v) is 3.74. The van der Waals surface area contributed by atoms with E-state index in [9.17, 15) is 4.79 Å². The number of piperidine rings is 1. The number of rotatable bonds is 3. The summed E-state index contributed by atoms with van der Waals surface area (Å²) in [5.41, 5.74) is 1.76. The van der Waals surface area contributed by atoms with Gasteiger partial charge in [0.05, 0.1) is 12.7 Å². The molecule has 1 aliphatic heterocycles. The summed E-state index contributed by atoms with van der Waals surface area (Å²) >= 11 is 0. The van der Waals surface area contributed by atoms with E-state index in [2.05, 4.69) is 11.8 Å². The molecule has 3 heteroatoms. The smallest absolute Gasteiger partial charge is 0.338 e. The van der Waals surface area contributed by atoms with E-state index in [-0.39, 0.29) is 5.97 Å². The van der Waals surface area contributed by atoms with Gasteiger partial charge in [-0.15, -0.1) is 0 Å². The van der Waals surface area contributed by atoms with E-state index in [4.69, 9.17) is 4.74 Å². The van der Waals surface area contributed by atoms with Crippen LogP contribution in [0.3, 0.4) is 0 Å². The summed E-state index contributed by atoms with van der Waals surface area (Å²) in [6.45, 7) is 4.23. The van der Waals surface area contributed by atoms with Gasteiger partial charge in [0, 0.05) is 12.6 Å². The van der Waals surface area contributed by atoms with Gasteiger partial charge in [-0.3, -0.25) is 4.90 Å². The first-order chi connectivity index (χ1) is 8.72. The van der Waals surface area contributed by atoms with Crippen LogP contribution in [0.1, 0.15) is 42.1 Å². The van der Waals surface area contributed by atoms with Crippen LogP contribution in [-0.4, -0.2) is 30.6 Å². The van der Waals surface area contributed by atoms with Crippen molar-refractivity contribution in [2.24, 2.45) is 0 Å². The predicted molar refractivity (Wildman–Crippen MR) is 71.5 cm³/mol. The lowest BCUT2D eigenvalue weighted by Gasteiger charge is -2.33. The van der Waals surface area contributed by atoms with Gasteiger partial charge in [-0.05, 0) is 37.9 Å². The van der Waals surface area contributed by atoms with Crippen LogP contribution in [0, 0.1) is 0 Å². The molecule has 1 unspecified atom stereocenters. The number of benzene rings is 1. The fourth-order valence-corrected chi connectivity index (χ4v) is 2.58. The number of nitrogens with zero attached hydrogens (tertiary/aromatic N) is 1. The Morgan fingerprint density at radius 2 is 2.17 bits per heavy atom. The van der Waals surface area contributed by atoms with Gasteiger partial charge >= 0.3 is 5.97 Å². The zero-order valence-corrected chi connectivity index (χ0v) is 11.2. The van der Waals surface area contributed by atoms with E-state index in [0.717, 1.165) is 18.7 Å². The third-order valence-electron chi connectivity index (χ3n) is 3.74. The maximum atomic E-state index is 11.7. The Morgan fingerprint density at radius 1 is 1.39 bits per heavy atom. The molecule has 3 nitrogen and oxygen atoms in total. The average Bonchev–Trinajstić information content (AvgIpc) is 2.41. The number of likely N-dealkylation sites (tertiary alicyclic amines) is 1. The topological polar surface area (TPSA) is 29.5 Å². The minimum absolute atomic E-state index is 0.240. The molecule has 1 fully saturated rings. The van der Waals surface area contributed by atoms with Crippen molar-refractivity contribution >= 4 is 5.97 Å². The summed E-state index contributed by atoms with van der Waals surface area (Å²) in [5.74, 6) is -0.240. The lowest BCUT2D eigenvalue weighted by atomic mass is 10.0. The van der Waals surface area contributed by atoms with Crippen molar-refractivity contribution in [1.82, 2.24) is 4.90 Å². The van der Waals surface area contributed by atoms with Crippen LogP contribution in [0.4, 0.5) is 0 Å². The normalized spacial score (nSPS) is 20.7. The van der Waals surface area contributed by atoms with Crippen LogP contribution in [-0.2, 0) is 11.3 Å². The van der Waals surface area contributed by atoms with Gasteiger partial charge in [0.1, 0.15) is 0 Å². The Labute approximate surface area is 109 Å². The van der Waals surface area contributed by atoms with Crippen molar-refractivity contribution in [3.63, 3.8) is 0 Å².